The van der Waals surface area contributed by atoms with Gasteiger partial charge in [-0.1, -0.05) is 18.2 Å². The number of hydrogen-bond acceptors (Lipinski definition) is 1. The van der Waals surface area contributed by atoms with Crippen LogP contribution < -0.4 is 0 Å². The van der Waals surface area contributed by atoms with E-state index in [0.29, 0.717) is 0 Å². The van der Waals surface area contributed by atoms with Crippen LogP contribution in [0.2, 0.25) is 0 Å². The average Bonchev–Trinajstić information content (AvgIpc) is 2.76. The van der Waals surface area contributed by atoms with E-state index in [1.807, 2.05) is 4.98 Å². The van der Waals surface area contributed by atoms with E-state index in [4.69, 9.17) is 5.11 Å². The topological polar surface area (TPSA) is 36.0 Å². The molecule has 1 heterocycles. The first-order valence-corrected chi connectivity index (χ1v) is 5.57. The largest absolute Gasteiger partial charge is 0.460 e. The quantitative estimate of drug-likeness (QED) is 0.827. The second-order valence-corrected chi connectivity index (χ2v) is 4.33. The van der Waals surface area contributed by atoms with E-state index in [2.05, 4.69) is 0 Å². The number of aliphatic hydroxyl groups is 1. The maximum Gasteiger partial charge on any atom is 0.460 e. The summed E-state index contributed by atoms with van der Waals surface area (Å²) in [5, 5.41) is 9.01. The van der Waals surface area contributed by atoms with Crippen LogP contribution in [-0.4, -0.2) is 22.2 Å². The van der Waals surface area contributed by atoms with Gasteiger partial charge in [-0.2, -0.15) is 30.7 Å². The van der Waals surface area contributed by atoms with Gasteiger partial charge in [0.15, 0.2) is 0 Å². The molecule has 9 heteroatoms. The summed E-state index contributed by atoms with van der Waals surface area (Å²) in [6.45, 7) is -1.11. The molecule has 0 unspecified atom stereocenters. The molecule has 0 aliphatic carbocycles. The molecule has 2 N–H and O–H groups in total. The molecular weight excluding hydrogens is 307 g/mol. The number of H-pyrrole nitrogens is 1. The predicted molar refractivity (Wildman–Crippen MR) is 59.1 cm³/mol. The molecule has 0 saturated heterocycles. The highest BCUT2D eigenvalue weighted by Crippen LogP contribution is 2.52. The number of hydrogen-bond donors (Lipinski definition) is 2. The third-order valence-electron chi connectivity index (χ3n) is 3.04. The number of alkyl halides is 7. The molecular formula is C12H8F7NO. The van der Waals surface area contributed by atoms with Gasteiger partial charge in [-0.25, -0.2) is 0 Å². The Hall–Kier alpha value is -1.77. The minimum absolute atomic E-state index is 0.0485. The molecule has 2 nitrogen and oxygen atoms in total. The van der Waals surface area contributed by atoms with Crippen LogP contribution in [0.3, 0.4) is 0 Å². The molecule has 116 valence electrons. The van der Waals surface area contributed by atoms with Crippen LogP contribution in [-0.2, 0) is 12.5 Å². The third-order valence-corrected chi connectivity index (χ3v) is 3.04. The molecule has 0 amide bonds. The predicted octanol–water partition coefficient (Wildman–Crippen LogP) is 3.95. The average molecular weight is 315 g/mol. The summed E-state index contributed by atoms with van der Waals surface area (Å²) >= 11 is 0. The number of fused-ring (bicyclic) bond motifs is 1. The summed E-state index contributed by atoms with van der Waals surface area (Å²) in [4.78, 5) is 1.84. The third kappa shape index (κ3) is 2.15. The van der Waals surface area contributed by atoms with Gasteiger partial charge in [0.05, 0.1) is 12.3 Å². The zero-order valence-corrected chi connectivity index (χ0v) is 10.1. The Kier molecular flexibility index (Phi) is 3.43. The fourth-order valence-corrected chi connectivity index (χ4v) is 1.97. The molecule has 0 saturated carbocycles. The van der Waals surface area contributed by atoms with E-state index >= 15 is 0 Å². The second kappa shape index (κ2) is 4.62. The lowest BCUT2D eigenvalue weighted by Crippen LogP contribution is -2.50. The molecule has 1 aromatic heterocycles. The second-order valence-electron chi connectivity index (χ2n) is 4.33. The number of para-hydroxylation sites is 1. The number of halogens is 7. The molecule has 0 bridgehead atoms. The van der Waals surface area contributed by atoms with Gasteiger partial charge in [-0.15, -0.1) is 0 Å². The summed E-state index contributed by atoms with van der Waals surface area (Å²) in [5.74, 6) is -11.8. The molecule has 1 aromatic carbocycles. The lowest BCUT2D eigenvalue weighted by molar-refractivity contribution is -0.360. The van der Waals surface area contributed by atoms with Crippen LogP contribution in [0.5, 0.6) is 0 Å². The highest BCUT2D eigenvalue weighted by Gasteiger charge is 2.74. The standard InChI is InChI=1S/C12H8F7NO/c13-10(14,11(15,16)12(17,18)19)9-7(5-21)6-3-1-2-4-8(6)20-9/h1-4,20-21H,5H2. The van der Waals surface area contributed by atoms with Gasteiger partial charge in [0.2, 0.25) is 0 Å². The number of aromatic nitrogens is 1. The minimum Gasteiger partial charge on any atom is -0.392 e. The first kappa shape index (κ1) is 15.6. The maximum atomic E-state index is 13.7. The highest BCUT2D eigenvalue weighted by molar-refractivity contribution is 5.84. The molecule has 2 aromatic rings. The minimum atomic E-state index is -6.43. The normalized spacial score (nSPS) is 13.9. The van der Waals surface area contributed by atoms with Crippen molar-refractivity contribution < 1.29 is 35.8 Å². The molecule has 0 fully saturated rings. The molecule has 0 atom stereocenters. The molecule has 0 aliphatic heterocycles. The van der Waals surface area contributed by atoms with E-state index < -0.39 is 35.9 Å². The van der Waals surface area contributed by atoms with Crippen molar-refractivity contribution in [3.63, 3.8) is 0 Å². The van der Waals surface area contributed by atoms with Crippen LogP contribution in [0.4, 0.5) is 30.7 Å². The summed E-state index contributed by atoms with van der Waals surface area (Å²) in [5.41, 5.74) is -2.41. The number of rotatable bonds is 3. The molecule has 2 rings (SSSR count). The van der Waals surface area contributed by atoms with Crippen molar-refractivity contribution in [2.45, 2.75) is 24.6 Å². The summed E-state index contributed by atoms with van der Waals surface area (Å²) < 4.78 is 90.1. The van der Waals surface area contributed by atoms with Gasteiger partial charge >= 0.3 is 18.0 Å². The van der Waals surface area contributed by atoms with Gasteiger partial charge in [0.25, 0.3) is 0 Å². The number of aromatic amines is 1. The van der Waals surface area contributed by atoms with Gasteiger partial charge in [0, 0.05) is 16.5 Å². The summed E-state index contributed by atoms with van der Waals surface area (Å²) in [7, 11) is 0. The van der Waals surface area contributed by atoms with E-state index in [-0.39, 0.29) is 10.9 Å². The van der Waals surface area contributed by atoms with E-state index in [0.717, 1.165) is 0 Å². The Morgan fingerprint density at radius 1 is 0.952 bits per heavy atom. The van der Waals surface area contributed by atoms with Gasteiger partial charge in [-0.05, 0) is 6.07 Å². The smallest absolute Gasteiger partial charge is 0.392 e. The van der Waals surface area contributed by atoms with Gasteiger partial charge in [0.1, 0.15) is 0 Å². The Bertz CT molecular complexity index is 659. The fraction of sp³-hybridized carbons (Fsp3) is 0.333. The van der Waals surface area contributed by atoms with Gasteiger partial charge < -0.3 is 10.1 Å². The van der Waals surface area contributed by atoms with Crippen LogP contribution in [0.25, 0.3) is 10.9 Å². The first-order chi connectivity index (χ1) is 9.54. The molecule has 21 heavy (non-hydrogen) atoms. The fourth-order valence-electron chi connectivity index (χ4n) is 1.97. The summed E-state index contributed by atoms with van der Waals surface area (Å²) in [6, 6.07) is 5.20. The van der Waals surface area contributed by atoms with E-state index in [1.54, 1.807) is 0 Å². The van der Waals surface area contributed by atoms with Crippen molar-refractivity contribution in [3.8, 4) is 0 Å². The Morgan fingerprint density at radius 3 is 2.05 bits per heavy atom. The van der Waals surface area contributed by atoms with Crippen LogP contribution in [0.1, 0.15) is 11.3 Å². The van der Waals surface area contributed by atoms with Crippen molar-refractivity contribution in [2.24, 2.45) is 0 Å². The molecule has 0 aliphatic rings. The van der Waals surface area contributed by atoms with Crippen LogP contribution >= 0.6 is 0 Å². The summed E-state index contributed by atoms with van der Waals surface area (Å²) in [6.07, 6.45) is -6.43. The monoisotopic (exact) mass is 315 g/mol. The van der Waals surface area contributed by atoms with Crippen molar-refractivity contribution in [1.82, 2.24) is 4.98 Å². The molecule has 0 spiro atoms. The number of benzene rings is 1. The number of aliphatic hydroxyl groups excluding tert-OH is 1. The highest BCUT2D eigenvalue weighted by atomic mass is 19.4. The number of nitrogens with one attached hydrogen (secondary N) is 1. The zero-order chi connectivity index (χ0) is 16.1. The molecule has 0 radical (unpaired) electrons. The Morgan fingerprint density at radius 2 is 1.52 bits per heavy atom. The van der Waals surface area contributed by atoms with Crippen molar-refractivity contribution in [2.75, 3.05) is 0 Å². The van der Waals surface area contributed by atoms with Gasteiger partial charge in [-0.3, -0.25) is 0 Å². The zero-order valence-electron chi connectivity index (χ0n) is 10.1. The lowest BCUT2D eigenvalue weighted by atomic mass is 10.0. The van der Waals surface area contributed by atoms with Crippen LogP contribution in [0, 0.1) is 0 Å². The van der Waals surface area contributed by atoms with Crippen molar-refractivity contribution in [1.29, 1.82) is 0 Å². The SMILES string of the molecule is OCc1c(C(F)(F)C(F)(F)C(F)(F)F)[nH]c2ccccc12. The van der Waals surface area contributed by atoms with E-state index in [1.165, 1.54) is 24.3 Å². The van der Waals surface area contributed by atoms with Crippen molar-refractivity contribution >= 4 is 10.9 Å². The Balaban J connectivity index is 2.70. The van der Waals surface area contributed by atoms with Crippen molar-refractivity contribution in [3.05, 3.63) is 35.5 Å². The maximum absolute atomic E-state index is 13.7. The van der Waals surface area contributed by atoms with Crippen LogP contribution in [0.15, 0.2) is 24.3 Å². The van der Waals surface area contributed by atoms with E-state index in [9.17, 15) is 30.7 Å². The lowest BCUT2D eigenvalue weighted by Gasteiger charge is -2.28. The first-order valence-electron chi connectivity index (χ1n) is 5.57. The Labute approximate surface area is 113 Å².